The van der Waals surface area contributed by atoms with E-state index in [4.69, 9.17) is 17.0 Å². The van der Waals surface area contributed by atoms with Crippen LogP contribution < -0.4 is 10.3 Å². The molecule has 1 aromatic carbocycles. The average Bonchev–Trinajstić information content (AvgIpc) is 3.13. The maximum atomic E-state index is 12.3. The second-order valence-electron chi connectivity index (χ2n) is 4.25. The smallest absolute Gasteiger partial charge is 0.262 e. The fourth-order valence-electron chi connectivity index (χ4n) is 2.00. The summed E-state index contributed by atoms with van der Waals surface area (Å²) in [5.74, 6) is 0.683. The van der Waals surface area contributed by atoms with Crippen LogP contribution in [0.4, 0.5) is 0 Å². The zero-order chi connectivity index (χ0) is 12.0. The van der Waals surface area contributed by atoms with Crippen LogP contribution in [0.5, 0.6) is 5.75 Å². The second kappa shape index (κ2) is 3.70. The molecule has 3 rings (SSSR count). The zero-order valence-corrected chi connectivity index (χ0v) is 10.2. The first kappa shape index (κ1) is 10.5. The third-order valence-electron chi connectivity index (χ3n) is 3.05. The van der Waals surface area contributed by atoms with Gasteiger partial charge in [-0.1, -0.05) is 0 Å². The Bertz CT molecular complexity index is 698. The van der Waals surface area contributed by atoms with Gasteiger partial charge in [-0.15, -0.1) is 0 Å². The van der Waals surface area contributed by atoms with E-state index in [2.05, 4.69) is 4.98 Å². The van der Waals surface area contributed by atoms with E-state index >= 15 is 0 Å². The summed E-state index contributed by atoms with van der Waals surface area (Å²) in [7, 11) is 1.59. The topological polar surface area (TPSA) is 47.0 Å². The number of methoxy groups -OCH3 is 1. The Labute approximate surface area is 103 Å². The van der Waals surface area contributed by atoms with Gasteiger partial charge in [-0.2, -0.15) is 0 Å². The molecule has 1 saturated carbocycles. The number of fused-ring (bicyclic) bond motifs is 1. The van der Waals surface area contributed by atoms with E-state index in [-0.39, 0.29) is 11.6 Å². The van der Waals surface area contributed by atoms with Crippen molar-refractivity contribution in [3.05, 3.63) is 33.3 Å². The third kappa shape index (κ3) is 1.67. The number of hydrogen-bond acceptors (Lipinski definition) is 3. The number of H-pyrrole nitrogens is 1. The Morgan fingerprint density at radius 2 is 2.24 bits per heavy atom. The summed E-state index contributed by atoms with van der Waals surface area (Å²) in [5, 5.41) is 0.629. The fourth-order valence-corrected chi connectivity index (χ4v) is 2.34. The number of aromatic nitrogens is 2. The van der Waals surface area contributed by atoms with Gasteiger partial charge in [0.15, 0.2) is 4.77 Å². The first-order valence-corrected chi connectivity index (χ1v) is 5.94. The van der Waals surface area contributed by atoms with Gasteiger partial charge in [-0.25, -0.2) is 0 Å². The predicted octanol–water partition coefficient (Wildman–Crippen LogP) is 2.40. The van der Waals surface area contributed by atoms with Crippen molar-refractivity contribution in [3.63, 3.8) is 0 Å². The van der Waals surface area contributed by atoms with Gasteiger partial charge in [0, 0.05) is 6.04 Å². The largest absolute Gasteiger partial charge is 0.497 e. The van der Waals surface area contributed by atoms with E-state index in [1.165, 1.54) is 0 Å². The normalized spacial score (nSPS) is 15.1. The summed E-state index contributed by atoms with van der Waals surface area (Å²) in [5.41, 5.74) is 0.739. The molecule has 0 saturated heterocycles. The summed E-state index contributed by atoms with van der Waals surface area (Å²) < 4.78 is 7.32. The number of nitrogens with zero attached hydrogens (tertiary/aromatic N) is 1. The minimum atomic E-state index is -0.0230. The van der Waals surface area contributed by atoms with E-state index in [1.807, 2.05) is 12.1 Å². The molecule has 1 N–H and O–H groups in total. The summed E-state index contributed by atoms with van der Waals surface area (Å²) in [6.07, 6.45) is 2.07. The highest BCUT2D eigenvalue weighted by molar-refractivity contribution is 7.71. The van der Waals surface area contributed by atoms with Crippen LogP contribution in [-0.4, -0.2) is 16.7 Å². The van der Waals surface area contributed by atoms with Crippen LogP contribution in [0.3, 0.4) is 0 Å². The molecule has 2 aromatic rings. The maximum Gasteiger partial charge on any atom is 0.262 e. The highest BCUT2D eigenvalue weighted by atomic mass is 32.1. The molecule has 0 bridgehead atoms. The van der Waals surface area contributed by atoms with Crippen molar-refractivity contribution in [1.29, 1.82) is 0 Å². The van der Waals surface area contributed by atoms with Gasteiger partial charge in [0.25, 0.3) is 5.56 Å². The van der Waals surface area contributed by atoms with Gasteiger partial charge >= 0.3 is 0 Å². The molecule has 1 aliphatic carbocycles. The zero-order valence-electron chi connectivity index (χ0n) is 9.40. The predicted molar refractivity (Wildman–Crippen MR) is 68.2 cm³/mol. The number of hydrogen-bond donors (Lipinski definition) is 1. The van der Waals surface area contributed by atoms with Crippen molar-refractivity contribution < 1.29 is 4.74 Å². The minimum Gasteiger partial charge on any atom is -0.497 e. The lowest BCUT2D eigenvalue weighted by Gasteiger charge is -2.07. The molecule has 0 radical (unpaired) electrons. The van der Waals surface area contributed by atoms with Gasteiger partial charge in [0.05, 0.1) is 18.0 Å². The Morgan fingerprint density at radius 1 is 1.47 bits per heavy atom. The molecule has 0 atom stereocenters. The van der Waals surface area contributed by atoms with Gasteiger partial charge in [-0.3, -0.25) is 9.36 Å². The maximum absolute atomic E-state index is 12.3. The van der Waals surface area contributed by atoms with Crippen LogP contribution in [0.25, 0.3) is 10.9 Å². The monoisotopic (exact) mass is 248 g/mol. The van der Waals surface area contributed by atoms with Crippen LogP contribution in [0.15, 0.2) is 23.0 Å². The molecule has 0 spiro atoms. The number of rotatable bonds is 2. The van der Waals surface area contributed by atoms with Gasteiger partial charge < -0.3 is 9.72 Å². The molecule has 1 fully saturated rings. The molecule has 17 heavy (non-hydrogen) atoms. The van der Waals surface area contributed by atoms with Crippen molar-refractivity contribution >= 4 is 23.1 Å². The van der Waals surface area contributed by atoms with Crippen LogP contribution in [-0.2, 0) is 0 Å². The first-order chi connectivity index (χ1) is 8.20. The van der Waals surface area contributed by atoms with Gasteiger partial charge in [-0.05, 0) is 43.3 Å². The Morgan fingerprint density at radius 3 is 2.88 bits per heavy atom. The van der Waals surface area contributed by atoms with Crippen molar-refractivity contribution in [3.8, 4) is 5.75 Å². The summed E-state index contributed by atoms with van der Waals surface area (Å²) in [6, 6.07) is 5.67. The van der Waals surface area contributed by atoms with E-state index in [1.54, 1.807) is 17.7 Å². The first-order valence-electron chi connectivity index (χ1n) is 5.53. The van der Waals surface area contributed by atoms with Crippen LogP contribution in [0.1, 0.15) is 18.9 Å². The molecule has 4 nitrogen and oxygen atoms in total. The van der Waals surface area contributed by atoms with E-state index in [0.717, 1.165) is 18.4 Å². The molecule has 1 heterocycles. The van der Waals surface area contributed by atoms with E-state index in [0.29, 0.717) is 15.9 Å². The van der Waals surface area contributed by atoms with E-state index in [9.17, 15) is 4.79 Å². The second-order valence-corrected chi connectivity index (χ2v) is 4.63. The van der Waals surface area contributed by atoms with Gasteiger partial charge in [0.1, 0.15) is 5.75 Å². The summed E-state index contributed by atoms with van der Waals surface area (Å²) in [6.45, 7) is 0. The number of nitrogens with one attached hydrogen (secondary N) is 1. The minimum absolute atomic E-state index is 0.0230. The third-order valence-corrected chi connectivity index (χ3v) is 3.35. The molecule has 0 amide bonds. The van der Waals surface area contributed by atoms with Gasteiger partial charge in [0.2, 0.25) is 0 Å². The summed E-state index contributed by atoms with van der Waals surface area (Å²) in [4.78, 5) is 15.4. The van der Waals surface area contributed by atoms with Crippen LogP contribution >= 0.6 is 12.2 Å². The highest BCUT2D eigenvalue weighted by Crippen LogP contribution is 2.34. The lowest BCUT2D eigenvalue weighted by molar-refractivity contribution is 0.415. The quantitative estimate of drug-likeness (QED) is 0.830. The molecular weight excluding hydrogens is 236 g/mol. The standard InChI is InChI=1S/C12H12N2O2S/c1-16-8-4-5-10-9(6-8)11(15)14(7-2-3-7)12(17)13-10/h4-7H,2-3H2,1H3,(H,13,17). The fraction of sp³-hybridized carbons (Fsp3) is 0.333. The molecule has 1 aromatic heterocycles. The molecule has 0 unspecified atom stereocenters. The lowest BCUT2D eigenvalue weighted by Crippen LogP contribution is -2.21. The molecule has 0 aliphatic heterocycles. The lowest BCUT2D eigenvalue weighted by atomic mass is 10.2. The van der Waals surface area contributed by atoms with Crippen molar-refractivity contribution in [2.24, 2.45) is 0 Å². The number of aromatic amines is 1. The molecular formula is C12H12N2O2S. The Balaban J connectivity index is 2.37. The molecule has 1 aliphatic rings. The van der Waals surface area contributed by atoms with Crippen molar-refractivity contribution in [1.82, 2.24) is 9.55 Å². The SMILES string of the molecule is COc1ccc2[nH]c(=S)n(C3CC3)c(=O)c2c1. The summed E-state index contributed by atoms with van der Waals surface area (Å²) >= 11 is 5.22. The average molecular weight is 248 g/mol. The van der Waals surface area contributed by atoms with Crippen LogP contribution in [0.2, 0.25) is 0 Å². The Hall–Kier alpha value is -1.62. The van der Waals surface area contributed by atoms with Crippen LogP contribution in [0, 0.1) is 4.77 Å². The van der Waals surface area contributed by atoms with Crippen molar-refractivity contribution in [2.75, 3.05) is 7.11 Å². The Kier molecular flexibility index (Phi) is 2.29. The molecule has 5 heteroatoms. The highest BCUT2D eigenvalue weighted by Gasteiger charge is 2.26. The van der Waals surface area contributed by atoms with E-state index < -0.39 is 0 Å². The number of benzene rings is 1. The molecule has 88 valence electrons. The number of ether oxygens (including phenoxy) is 1. The van der Waals surface area contributed by atoms with Crippen molar-refractivity contribution in [2.45, 2.75) is 18.9 Å².